The van der Waals surface area contributed by atoms with Crippen molar-refractivity contribution in [2.24, 2.45) is 0 Å². The van der Waals surface area contributed by atoms with E-state index in [2.05, 4.69) is 0 Å². The second-order valence-electron chi connectivity index (χ2n) is 3.06. The molecule has 0 aromatic heterocycles. The first-order chi connectivity index (χ1) is 5.52. The van der Waals surface area contributed by atoms with Crippen LogP contribution < -0.4 is 11.3 Å². The molecule has 1 aromatic rings. The lowest BCUT2D eigenvalue weighted by Crippen LogP contribution is -2.24. The van der Waals surface area contributed by atoms with Crippen molar-refractivity contribution in [3.8, 4) is 0 Å². The first-order valence-electron chi connectivity index (χ1n) is 3.81. The number of hydrogen-bond acceptors (Lipinski definition) is 2. The quantitative estimate of drug-likeness (QED) is 0.709. The molecule has 0 amide bonds. The lowest BCUT2D eigenvalue weighted by atomic mass is 10.0. The van der Waals surface area contributed by atoms with Crippen molar-refractivity contribution in [2.75, 3.05) is 0 Å². The van der Waals surface area contributed by atoms with Crippen LogP contribution in [0.25, 0.3) is 0 Å². The summed E-state index contributed by atoms with van der Waals surface area (Å²) in [5, 5.41) is 10.6. The third-order valence-electron chi connectivity index (χ3n) is 1.88. The normalized spacial score (nSPS) is 9.15. The van der Waals surface area contributed by atoms with Crippen molar-refractivity contribution < 1.29 is 9.90 Å². The molecule has 1 rings (SSSR count). The molecule has 0 atom stereocenters. The van der Waals surface area contributed by atoms with Gasteiger partial charge in [-0.1, -0.05) is 17.7 Å². The predicted octanol–water partition coefficient (Wildman–Crippen LogP) is 1.35. The first kappa shape index (κ1) is 11.6. The van der Waals surface area contributed by atoms with Crippen molar-refractivity contribution in [3.63, 3.8) is 0 Å². The van der Waals surface area contributed by atoms with Crippen LogP contribution in [0.5, 0.6) is 0 Å². The lowest BCUT2D eigenvalue weighted by molar-refractivity contribution is -0.255. The Hall–Kier alpha value is -1.35. The molecule has 4 N–H and O–H groups in total. The molecule has 3 heteroatoms. The number of aromatic carboxylic acids is 1. The molecule has 0 aliphatic heterocycles. The van der Waals surface area contributed by atoms with Crippen molar-refractivity contribution in [3.05, 3.63) is 34.4 Å². The summed E-state index contributed by atoms with van der Waals surface area (Å²) in [5.41, 5.74) is 2.94. The van der Waals surface area contributed by atoms with E-state index in [-0.39, 0.29) is 6.15 Å². The summed E-state index contributed by atoms with van der Waals surface area (Å²) in [6, 6.07) is 3.69. The van der Waals surface area contributed by atoms with Crippen LogP contribution in [0.15, 0.2) is 12.1 Å². The highest BCUT2D eigenvalue weighted by molar-refractivity contribution is 5.89. The molecule has 72 valence electrons. The SMILES string of the molecule is Cc1cc(C)c(C(=O)[O-])c(C)c1.[NH4+]. The molecule has 0 bridgehead atoms. The summed E-state index contributed by atoms with van der Waals surface area (Å²) in [6.45, 7) is 5.51. The number of quaternary nitrogens is 1. The van der Waals surface area contributed by atoms with E-state index in [1.807, 2.05) is 19.1 Å². The molecule has 0 aliphatic rings. The van der Waals surface area contributed by atoms with E-state index < -0.39 is 5.97 Å². The monoisotopic (exact) mass is 181 g/mol. The molecule has 3 nitrogen and oxygen atoms in total. The number of carboxylic acids is 1. The van der Waals surface area contributed by atoms with Crippen LogP contribution in [0.1, 0.15) is 27.0 Å². The summed E-state index contributed by atoms with van der Waals surface area (Å²) in [5.74, 6) is -1.09. The van der Waals surface area contributed by atoms with E-state index in [1.165, 1.54) is 0 Å². The van der Waals surface area contributed by atoms with Gasteiger partial charge in [-0.3, -0.25) is 0 Å². The number of carboxylic acid groups (broad SMARTS) is 1. The van der Waals surface area contributed by atoms with Gasteiger partial charge in [-0.15, -0.1) is 0 Å². The molecule has 0 saturated heterocycles. The van der Waals surface area contributed by atoms with E-state index >= 15 is 0 Å². The zero-order valence-electron chi connectivity index (χ0n) is 8.47. The molecule has 0 saturated carbocycles. The summed E-state index contributed by atoms with van der Waals surface area (Å²) >= 11 is 0. The van der Waals surface area contributed by atoms with Gasteiger partial charge in [0.2, 0.25) is 0 Å². The number of carbonyl (C=O) groups is 1. The highest BCUT2D eigenvalue weighted by atomic mass is 16.4. The molecule has 0 fully saturated rings. The fourth-order valence-electron chi connectivity index (χ4n) is 1.50. The van der Waals surface area contributed by atoms with Crippen LogP contribution in [0.2, 0.25) is 0 Å². The van der Waals surface area contributed by atoms with Gasteiger partial charge in [0.1, 0.15) is 0 Å². The Labute approximate surface area is 78.0 Å². The predicted molar refractivity (Wildman–Crippen MR) is 51.0 cm³/mol. The largest absolute Gasteiger partial charge is 0.545 e. The molecule has 1 aromatic carbocycles. The van der Waals surface area contributed by atoms with Gasteiger partial charge in [-0.05, 0) is 31.9 Å². The number of benzene rings is 1. The average molecular weight is 181 g/mol. The zero-order chi connectivity index (χ0) is 9.30. The second-order valence-corrected chi connectivity index (χ2v) is 3.06. The lowest BCUT2D eigenvalue weighted by Gasteiger charge is -2.11. The van der Waals surface area contributed by atoms with E-state index in [4.69, 9.17) is 0 Å². The summed E-state index contributed by atoms with van der Waals surface area (Å²) in [4.78, 5) is 10.6. The summed E-state index contributed by atoms with van der Waals surface area (Å²) in [7, 11) is 0. The maximum absolute atomic E-state index is 10.6. The maximum atomic E-state index is 10.6. The number of rotatable bonds is 1. The van der Waals surface area contributed by atoms with Crippen LogP contribution in [0.3, 0.4) is 0 Å². The van der Waals surface area contributed by atoms with Crippen molar-refractivity contribution >= 4 is 5.97 Å². The summed E-state index contributed by atoms with van der Waals surface area (Å²) in [6.07, 6.45) is 0. The van der Waals surface area contributed by atoms with Gasteiger partial charge in [0.15, 0.2) is 0 Å². The van der Waals surface area contributed by atoms with Crippen LogP contribution in [0, 0.1) is 20.8 Å². The Morgan fingerprint density at radius 1 is 1.15 bits per heavy atom. The van der Waals surface area contributed by atoms with Gasteiger partial charge in [0.05, 0.1) is 5.97 Å². The highest BCUT2D eigenvalue weighted by Gasteiger charge is 2.03. The van der Waals surface area contributed by atoms with Gasteiger partial charge in [0, 0.05) is 5.56 Å². The fraction of sp³-hybridized carbons (Fsp3) is 0.300. The first-order valence-corrected chi connectivity index (χ1v) is 3.81. The number of hydrogen-bond donors (Lipinski definition) is 1. The third-order valence-corrected chi connectivity index (χ3v) is 1.88. The van der Waals surface area contributed by atoms with E-state index in [9.17, 15) is 9.90 Å². The van der Waals surface area contributed by atoms with Crippen molar-refractivity contribution in [1.29, 1.82) is 0 Å². The van der Waals surface area contributed by atoms with Crippen LogP contribution in [-0.2, 0) is 0 Å². The molecule has 0 unspecified atom stereocenters. The van der Waals surface area contributed by atoms with E-state index in [0.717, 1.165) is 16.7 Å². The van der Waals surface area contributed by atoms with Gasteiger partial charge in [-0.2, -0.15) is 0 Å². The Morgan fingerprint density at radius 2 is 1.54 bits per heavy atom. The summed E-state index contributed by atoms with van der Waals surface area (Å²) < 4.78 is 0. The van der Waals surface area contributed by atoms with Gasteiger partial charge >= 0.3 is 0 Å². The standard InChI is InChI=1S/C10H12O2.H3N/c1-6-4-7(2)9(10(11)12)8(3)5-6;/h4-5H,1-3H3,(H,11,12);1H3. The number of aryl methyl sites for hydroxylation is 3. The van der Waals surface area contributed by atoms with E-state index in [0.29, 0.717) is 5.56 Å². The molecule has 0 spiro atoms. The molecule has 0 aliphatic carbocycles. The zero-order valence-corrected chi connectivity index (χ0v) is 8.47. The smallest absolute Gasteiger partial charge is 0.0720 e. The minimum absolute atomic E-state index is 0. The minimum Gasteiger partial charge on any atom is -0.545 e. The van der Waals surface area contributed by atoms with Gasteiger partial charge in [-0.25, -0.2) is 0 Å². The fourth-order valence-corrected chi connectivity index (χ4v) is 1.50. The van der Waals surface area contributed by atoms with Crippen molar-refractivity contribution in [1.82, 2.24) is 6.15 Å². The number of carbonyl (C=O) groups excluding carboxylic acids is 1. The Balaban J connectivity index is 0.00000144. The van der Waals surface area contributed by atoms with Gasteiger partial charge in [0.25, 0.3) is 0 Å². The van der Waals surface area contributed by atoms with Crippen LogP contribution in [-0.4, -0.2) is 5.97 Å². The van der Waals surface area contributed by atoms with E-state index in [1.54, 1.807) is 13.8 Å². The highest BCUT2D eigenvalue weighted by Crippen LogP contribution is 2.14. The van der Waals surface area contributed by atoms with Crippen molar-refractivity contribution in [2.45, 2.75) is 20.8 Å². The maximum Gasteiger partial charge on any atom is 0.0720 e. The van der Waals surface area contributed by atoms with Crippen LogP contribution in [0.4, 0.5) is 0 Å². The average Bonchev–Trinajstić information content (AvgIpc) is 1.82. The Bertz CT molecular complexity index is 309. The minimum atomic E-state index is -1.09. The molecular weight excluding hydrogens is 166 g/mol. The molecule has 0 radical (unpaired) electrons. The third kappa shape index (κ3) is 2.29. The van der Waals surface area contributed by atoms with Gasteiger partial charge < -0.3 is 16.1 Å². The molecule has 0 heterocycles. The second kappa shape index (κ2) is 4.05. The molecule has 13 heavy (non-hydrogen) atoms. The van der Waals surface area contributed by atoms with Crippen LogP contribution >= 0.6 is 0 Å². The molecular formula is C10H15NO2. The topological polar surface area (TPSA) is 76.6 Å². The Kier molecular flexibility index (Phi) is 3.63. The Morgan fingerprint density at radius 3 is 1.85 bits per heavy atom.